The summed E-state index contributed by atoms with van der Waals surface area (Å²) in [5.41, 5.74) is 2.82. The van der Waals surface area contributed by atoms with E-state index in [1.54, 1.807) is 6.20 Å². The number of amides is 1. The van der Waals surface area contributed by atoms with Crippen molar-refractivity contribution in [3.8, 4) is 0 Å². The van der Waals surface area contributed by atoms with Gasteiger partial charge in [0.15, 0.2) is 0 Å². The average molecular weight is 367 g/mol. The molecule has 144 valence electrons. The third kappa shape index (κ3) is 5.79. The summed E-state index contributed by atoms with van der Waals surface area (Å²) in [5.74, 6) is 0.704. The summed E-state index contributed by atoms with van der Waals surface area (Å²) in [6.45, 7) is 9.59. The second kappa shape index (κ2) is 9.51. The Labute approximate surface area is 162 Å². The smallest absolute Gasteiger partial charge is 0.272 e. The number of carbonyl (C=O) groups is 1. The van der Waals surface area contributed by atoms with E-state index >= 15 is 0 Å². The van der Waals surface area contributed by atoms with E-state index in [-0.39, 0.29) is 5.91 Å². The molecular weight excluding hydrogens is 336 g/mol. The molecule has 1 aromatic carbocycles. The second-order valence-electron chi connectivity index (χ2n) is 7.60. The van der Waals surface area contributed by atoms with Crippen LogP contribution in [-0.2, 0) is 6.54 Å². The fourth-order valence-corrected chi connectivity index (χ4v) is 3.24. The molecule has 1 aliphatic heterocycles. The Morgan fingerprint density at radius 1 is 1.07 bits per heavy atom. The minimum Gasteiger partial charge on any atom is -0.384 e. The molecule has 27 heavy (non-hydrogen) atoms. The minimum absolute atomic E-state index is 0.0306. The third-order valence-electron chi connectivity index (χ3n) is 4.94. The molecule has 1 saturated heterocycles. The van der Waals surface area contributed by atoms with Gasteiger partial charge in [0.25, 0.3) is 5.91 Å². The van der Waals surface area contributed by atoms with Crippen LogP contribution in [-0.4, -0.2) is 53.4 Å². The van der Waals surface area contributed by atoms with Gasteiger partial charge in [-0.2, -0.15) is 0 Å². The Morgan fingerprint density at radius 3 is 2.44 bits per heavy atom. The van der Waals surface area contributed by atoms with E-state index in [1.807, 2.05) is 23.1 Å². The number of nitrogens with one attached hydrogen (secondary N) is 1. The highest BCUT2D eigenvalue weighted by Crippen LogP contribution is 2.13. The number of benzene rings is 1. The van der Waals surface area contributed by atoms with Gasteiger partial charge < -0.3 is 10.2 Å². The van der Waals surface area contributed by atoms with Crippen molar-refractivity contribution in [2.75, 3.05) is 38.0 Å². The van der Waals surface area contributed by atoms with Crippen LogP contribution in [0.25, 0.3) is 0 Å². The summed E-state index contributed by atoms with van der Waals surface area (Å²) >= 11 is 0. The Hall–Kier alpha value is -2.40. The maximum absolute atomic E-state index is 12.7. The molecule has 1 aliphatic rings. The van der Waals surface area contributed by atoms with Gasteiger partial charge in [-0.05, 0) is 30.0 Å². The van der Waals surface area contributed by atoms with Crippen molar-refractivity contribution in [2.24, 2.45) is 5.92 Å². The highest BCUT2D eigenvalue weighted by molar-refractivity contribution is 5.92. The highest BCUT2D eigenvalue weighted by Gasteiger charge is 2.22. The number of hydrogen-bond donors (Lipinski definition) is 1. The van der Waals surface area contributed by atoms with Crippen molar-refractivity contribution >= 4 is 11.6 Å². The number of rotatable bonds is 7. The molecule has 0 atom stereocenters. The lowest BCUT2D eigenvalue weighted by molar-refractivity contribution is 0.0623. The molecule has 5 heteroatoms. The first kappa shape index (κ1) is 19.4. The second-order valence-corrected chi connectivity index (χ2v) is 7.60. The standard InChI is InChI=1S/C22H30N4O/c1-18(2)10-11-23-20-8-9-21(24-16-20)22(27)26-14-12-25(13-15-26)17-19-6-4-3-5-7-19/h3-9,16,18,23H,10-15,17H2,1-2H3. The van der Waals surface area contributed by atoms with E-state index in [0.717, 1.165) is 51.4 Å². The van der Waals surface area contributed by atoms with Crippen molar-refractivity contribution in [3.05, 3.63) is 59.9 Å². The van der Waals surface area contributed by atoms with Crippen molar-refractivity contribution < 1.29 is 4.79 Å². The topological polar surface area (TPSA) is 48.5 Å². The van der Waals surface area contributed by atoms with E-state index in [0.29, 0.717) is 11.6 Å². The van der Waals surface area contributed by atoms with Gasteiger partial charge in [-0.15, -0.1) is 0 Å². The maximum atomic E-state index is 12.7. The highest BCUT2D eigenvalue weighted by atomic mass is 16.2. The number of carbonyl (C=O) groups excluding carboxylic acids is 1. The molecule has 0 saturated carbocycles. The Balaban J connectivity index is 1.47. The zero-order valence-corrected chi connectivity index (χ0v) is 16.4. The first-order valence-corrected chi connectivity index (χ1v) is 9.87. The molecule has 5 nitrogen and oxygen atoms in total. The molecule has 0 aliphatic carbocycles. The predicted octanol–water partition coefficient (Wildman–Crippen LogP) is 3.50. The van der Waals surface area contributed by atoms with E-state index in [4.69, 9.17) is 0 Å². The van der Waals surface area contributed by atoms with Crippen LogP contribution in [0.1, 0.15) is 36.3 Å². The number of piperazine rings is 1. The van der Waals surface area contributed by atoms with Crippen LogP contribution in [0.2, 0.25) is 0 Å². The lowest BCUT2D eigenvalue weighted by atomic mass is 10.1. The van der Waals surface area contributed by atoms with E-state index in [1.165, 1.54) is 5.56 Å². The van der Waals surface area contributed by atoms with Gasteiger partial charge in [0.2, 0.25) is 0 Å². The molecule has 2 aromatic rings. The largest absolute Gasteiger partial charge is 0.384 e. The van der Waals surface area contributed by atoms with Gasteiger partial charge in [-0.25, -0.2) is 4.98 Å². The normalized spacial score (nSPS) is 15.1. The Bertz CT molecular complexity index is 707. The van der Waals surface area contributed by atoms with Crippen molar-refractivity contribution in [3.63, 3.8) is 0 Å². The minimum atomic E-state index is 0.0306. The van der Waals surface area contributed by atoms with Crippen LogP contribution in [0.3, 0.4) is 0 Å². The summed E-state index contributed by atoms with van der Waals surface area (Å²) in [6, 6.07) is 14.3. The lowest BCUT2D eigenvalue weighted by Crippen LogP contribution is -2.48. The van der Waals surface area contributed by atoms with E-state index < -0.39 is 0 Å². The average Bonchev–Trinajstić information content (AvgIpc) is 2.69. The molecule has 3 rings (SSSR count). The van der Waals surface area contributed by atoms with Gasteiger partial charge in [0.05, 0.1) is 11.9 Å². The molecule has 2 heterocycles. The zero-order valence-electron chi connectivity index (χ0n) is 16.4. The molecule has 1 N–H and O–H groups in total. The fourth-order valence-electron chi connectivity index (χ4n) is 3.24. The molecular formula is C22H30N4O. The summed E-state index contributed by atoms with van der Waals surface area (Å²) in [5, 5.41) is 3.36. The fraction of sp³-hybridized carbons (Fsp3) is 0.455. The monoisotopic (exact) mass is 366 g/mol. The SMILES string of the molecule is CC(C)CCNc1ccc(C(=O)N2CCN(Cc3ccccc3)CC2)nc1. The number of hydrogen-bond acceptors (Lipinski definition) is 4. The van der Waals surface area contributed by atoms with Crippen molar-refractivity contribution in [1.29, 1.82) is 0 Å². The quantitative estimate of drug-likeness (QED) is 0.815. The van der Waals surface area contributed by atoms with Gasteiger partial charge in [-0.1, -0.05) is 44.2 Å². The Kier molecular flexibility index (Phi) is 6.82. The molecule has 1 amide bonds. The van der Waals surface area contributed by atoms with Gasteiger partial charge in [-0.3, -0.25) is 9.69 Å². The van der Waals surface area contributed by atoms with Crippen molar-refractivity contribution in [1.82, 2.24) is 14.8 Å². The van der Waals surface area contributed by atoms with Crippen molar-refractivity contribution in [2.45, 2.75) is 26.8 Å². The molecule has 0 bridgehead atoms. The molecule has 0 radical (unpaired) electrons. The summed E-state index contributed by atoms with van der Waals surface area (Å²) in [7, 11) is 0. The number of pyridine rings is 1. The Morgan fingerprint density at radius 2 is 1.81 bits per heavy atom. The van der Waals surface area contributed by atoms with Gasteiger partial charge in [0.1, 0.15) is 5.69 Å². The molecule has 1 aromatic heterocycles. The molecule has 1 fully saturated rings. The van der Waals surface area contributed by atoms with Crippen LogP contribution < -0.4 is 5.32 Å². The predicted molar refractivity (Wildman–Crippen MR) is 110 cm³/mol. The maximum Gasteiger partial charge on any atom is 0.272 e. The van der Waals surface area contributed by atoms with Crippen LogP contribution in [0, 0.1) is 5.92 Å². The van der Waals surface area contributed by atoms with Crippen LogP contribution in [0.5, 0.6) is 0 Å². The summed E-state index contributed by atoms with van der Waals surface area (Å²) in [4.78, 5) is 21.4. The first-order valence-electron chi connectivity index (χ1n) is 9.87. The van der Waals surface area contributed by atoms with Crippen LogP contribution in [0.4, 0.5) is 5.69 Å². The van der Waals surface area contributed by atoms with E-state index in [2.05, 4.69) is 53.3 Å². The first-order chi connectivity index (χ1) is 13.1. The molecule has 0 spiro atoms. The lowest BCUT2D eigenvalue weighted by Gasteiger charge is -2.34. The van der Waals surface area contributed by atoms with Gasteiger partial charge in [0, 0.05) is 39.3 Å². The number of nitrogens with zero attached hydrogens (tertiary/aromatic N) is 3. The van der Waals surface area contributed by atoms with Crippen LogP contribution in [0.15, 0.2) is 48.7 Å². The summed E-state index contributed by atoms with van der Waals surface area (Å²) in [6.07, 6.45) is 2.88. The molecule has 0 unspecified atom stereocenters. The third-order valence-corrected chi connectivity index (χ3v) is 4.94. The van der Waals surface area contributed by atoms with E-state index in [9.17, 15) is 4.79 Å². The summed E-state index contributed by atoms with van der Waals surface area (Å²) < 4.78 is 0. The number of aromatic nitrogens is 1. The zero-order chi connectivity index (χ0) is 19.1. The number of anilines is 1. The van der Waals surface area contributed by atoms with Crippen LogP contribution >= 0.6 is 0 Å². The van der Waals surface area contributed by atoms with Gasteiger partial charge >= 0.3 is 0 Å².